The fourth-order valence-corrected chi connectivity index (χ4v) is 2.83. The summed E-state index contributed by atoms with van der Waals surface area (Å²) in [5.74, 6) is 0.251. The van der Waals surface area contributed by atoms with Crippen LogP contribution in [0.5, 0.6) is 5.75 Å². The summed E-state index contributed by atoms with van der Waals surface area (Å²) in [5.41, 5.74) is 3.01. The van der Waals surface area contributed by atoms with Crippen molar-refractivity contribution in [1.82, 2.24) is 15.2 Å². The van der Waals surface area contributed by atoms with Gasteiger partial charge in [0.15, 0.2) is 5.01 Å². The molecule has 0 bridgehead atoms. The van der Waals surface area contributed by atoms with E-state index in [0.29, 0.717) is 0 Å². The quantitative estimate of drug-likeness (QED) is 0.662. The summed E-state index contributed by atoms with van der Waals surface area (Å²) in [6.45, 7) is 1.99. The van der Waals surface area contributed by atoms with Crippen molar-refractivity contribution in [1.29, 1.82) is 0 Å². The number of phenols is 1. The lowest BCUT2D eigenvalue weighted by Gasteiger charge is -1.96. The van der Waals surface area contributed by atoms with Crippen LogP contribution in [0.15, 0.2) is 18.2 Å². The smallest absolute Gasteiger partial charge is 0.205 e. The van der Waals surface area contributed by atoms with E-state index in [9.17, 15) is 5.11 Å². The number of aromatic hydroxyl groups is 1. The van der Waals surface area contributed by atoms with E-state index in [2.05, 4.69) is 20.5 Å². The van der Waals surface area contributed by atoms with Crippen molar-refractivity contribution in [3.63, 3.8) is 0 Å². The minimum Gasteiger partial charge on any atom is -0.508 e. The zero-order chi connectivity index (χ0) is 12.7. The molecule has 0 fully saturated rings. The van der Waals surface area contributed by atoms with E-state index in [1.54, 1.807) is 12.1 Å². The van der Waals surface area contributed by atoms with Crippen LogP contribution in [0.25, 0.3) is 21.5 Å². The Hall–Kier alpha value is -2.08. The first kappa shape index (κ1) is 11.0. The van der Waals surface area contributed by atoms with Crippen LogP contribution < -0.4 is 5.32 Å². The van der Waals surface area contributed by atoms with Crippen molar-refractivity contribution in [2.24, 2.45) is 0 Å². The van der Waals surface area contributed by atoms with Crippen LogP contribution >= 0.6 is 11.3 Å². The van der Waals surface area contributed by atoms with Crippen LogP contribution in [-0.4, -0.2) is 27.3 Å². The molecule has 92 valence electrons. The van der Waals surface area contributed by atoms with Crippen LogP contribution in [0.2, 0.25) is 0 Å². The maximum Gasteiger partial charge on any atom is 0.205 e. The number of aryl methyl sites for hydroxylation is 1. The van der Waals surface area contributed by atoms with Gasteiger partial charge in [-0.3, -0.25) is 0 Å². The lowest BCUT2D eigenvalue weighted by molar-refractivity contribution is 0.476. The van der Waals surface area contributed by atoms with E-state index in [0.717, 1.165) is 32.3 Å². The fourth-order valence-electron chi connectivity index (χ4n) is 2.02. The maximum atomic E-state index is 9.60. The number of benzene rings is 1. The van der Waals surface area contributed by atoms with Crippen molar-refractivity contribution in [2.45, 2.75) is 6.92 Å². The Morgan fingerprint density at radius 2 is 2.17 bits per heavy atom. The van der Waals surface area contributed by atoms with Gasteiger partial charge in [-0.2, -0.15) is 0 Å². The molecule has 0 saturated carbocycles. The molecule has 2 heterocycles. The number of anilines is 1. The second-order valence-electron chi connectivity index (χ2n) is 4.02. The molecule has 3 rings (SSSR count). The number of aromatic amines is 1. The molecule has 6 heteroatoms. The average Bonchev–Trinajstić information content (AvgIpc) is 2.92. The van der Waals surface area contributed by atoms with Crippen molar-refractivity contribution in [2.75, 3.05) is 12.4 Å². The SMILES string of the molecule is CNc1nnc(-c2c(C)[nH]c3ccc(O)cc23)s1. The van der Waals surface area contributed by atoms with Gasteiger partial charge in [0, 0.05) is 29.2 Å². The predicted molar refractivity (Wildman–Crippen MR) is 73.2 cm³/mol. The third kappa shape index (κ3) is 1.62. The third-order valence-corrected chi connectivity index (χ3v) is 3.78. The molecular formula is C12H12N4OS. The summed E-state index contributed by atoms with van der Waals surface area (Å²) in [7, 11) is 1.82. The summed E-state index contributed by atoms with van der Waals surface area (Å²) in [4.78, 5) is 3.29. The molecule has 0 aliphatic carbocycles. The highest BCUT2D eigenvalue weighted by Crippen LogP contribution is 2.36. The molecule has 0 radical (unpaired) electrons. The Bertz CT molecular complexity index is 716. The topological polar surface area (TPSA) is 73.8 Å². The monoisotopic (exact) mass is 260 g/mol. The average molecular weight is 260 g/mol. The Balaban J connectivity index is 2.26. The van der Waals surface area contributed by atoms with E-state index < -0.39 is 0 Å². The highest BCUT2D eigenvalue weighted by Gasteiger charge is 2.15. The predicted octanol–water partition coefficient (Wildman–Crippen LogP) is 2.74. The van der Waals surface area contributed by atoms with Gasteiger partial charge in [-0.15, -0.1) is 10.2 Å². The zero-order valence-corrected chi connectivity index (χ0v) is 10.8. The summed E-state index contributed by atoms with van der Waals surface area (Å²) in [6.07, 6.45) is 0. The molecule has 0 aliphatic heterocycles. The molecule has 0 aliphatic rings. The van der Waals surface area contributed by atoms with Gasteiger partial charge in [0.1, 0.15) is 5.75 Å². The van der Waals surface area contributed by atoms with Crippen molar-refractivity contribution < 1.29 is 5.11 Å². The summed E-state index contributed by atoms with van der Waals surface area (Å²) < 4.78 is 0. The molecule has 0 unspecified atom stereocenters. The Morgan fingerprint density at radius 1 is 1.33 bits per heavy atom. The standard InChI is InChI=1S/C12H12N4OS/c1-6-10(11-15-16-12(13-2)18-11)8-5-7(17)3-4-9(8)14-6/h3-5,14,17H,1-2H3,(H,13,16). The van der Waals surface area contributed by atoms with Crippen LogP contribution in [0.3, 0.4) is 0 Å². The third-order valence-electron chi connectivity index (χ3n) is 2.82. The fraction of sp³-hybridized carbons (Fsp3) is 0.167. The van der Waals surface area contributed by atoms with E-state index in [-0.39, 0.29) is 5.75 Å². The number of phenolic OH excluding ortho intramolecular Hbond substituents is 1. The van der Waals surface area contributed by atoms with Gasteiger partial charge in [-0.25, -0.2) is 0 Å². The van der Waals surface area contributed by atoms with E-state index >= 15 is 0 Å². The van der Waals surface area contributed by atoms with Crippen LogP contribution in [0.1, 0.15) is 5.69 Å². The van der Waals surface area contributed by atoms with Gasteiger partial charge >= 0.3 is 0 Å². The number of nitrogens with one attached hydrogen (secondary N) is 2. The first-order valence-corrected chi connectivity index (χ1v) is 6.33. The van der Waals surface area contributed by atoms with E-state index in [1.165, 1.54) is 11.3 Å². The minimum atomic E-state index is 0.251. The summed E-state index contributed by atoms with van der Waals surface area (Å²) in [6, 6.07) is 5.27. The normalized spacial score (nSPS) is 11.0. The van der Waals surface area contributed by atoms with Gasteiger partial charge in [-0.1, -0.05) is 11.3 Å². The van der Waals surface area contributed by atoms with Crippen LogP contribution in [0, 0.1) is 6.92 Å². The lowest BCUT2D eigenvalue weighted by atomic mass is 10.1. The molecular weight excluding hydrogens is 248 g/mol. The van der Waals surface area contributed by atoms with Gasteiger partial charge in [-0.05, 0) is 25.1 Å². The molecule has 18 heavy (non-hydrogen) atoms. The number of nitrogens with zero attached hydrogens (tertiary/aromatic N) is 2. The number of hydrogen-bond donors (Lipinski definition) is 3. The molecule has 3 aromatic rings. The summed E-state index contributed by atoms with van der Waals surface area (Å²) >= 11 is 1.49. The zero-order valence-electron chi connectivity index (χ0n) is 9.98. The first-order chi connectivity index (χ1) is 8.69. The van der Waals surface area contributed by atoms with Gasteiger partial charge in [0.05, 0.1) is 0 Å². The van der Waals surface area contributed by atoms with Crippen molar-refractivity contribution in [3.05, 3.63) is 23.9 Å². The summed E-state index contributed by atoms with van der Waals surface area (Å²) in [5, 5.41) is 23.4. The van der Waals surface area contributed by atoms with Crippen LogP contribution in [-0.2, 0) is 0 Å². The Kier molecular flexibility index (Phi) is 2.45. The second-order valence-corrected chi connectivity index (χ2v) is 4.99. The highest BCUT2D eigenvalue weighted by atomic mass is 32.1. The number of fused-ring (bicyclic) bond motifs is 1. The lowest BCUT2D eigenvalue weighted by Crippen LogP contribution is -1.84. The molecule has 1 aromatic carbocycles. The molecule has 0 spiro atoms. The molecule has 5 nitrogen and oxygen atoms in total. The number of aromatic nitrogens is 3. The van der Waals surface area contributed by atoms with E-state index in [4.69, 9.17) is 0 Å². The molecule has 0 atom stereocenters. The van der Waals surface area contributed by atoms with Gasteiger partial charge in [0.2, 0.25) is 5.13 Å². The second kappa shape index (κ2) is 3.99. The van der Waals surface area contributed by atoms with Crippen molar-refractivity contribution >= 4 is 27.4 Å². The maximum absolute atomic E-state index is 9.60. The Labute approximate surface area is 108 Å². The van der Waals surface area contributed by atoms with Gasteiger partial charge in [0.25, 0.3) is 0 Å². The Morgan fingerprint density at radius 3 is 2.89 bits per heavy atom. The largest absolute Gasteiger partial charge is 0.508 e. The van der Waals surface area contributed by atoms with Crippen molar-refractivity contribution in [3.8, 4) is 16.3 Å². The number of H-pyrrole nitrogens is 1. The van der Waals surface area contributed by atoms with Crippen LogP contribution in [0.4, 0.5) is 5.13 Å². The van der Waals surface area contributed by atoms with Gasteiger partial charge < -0.3 is 15.4 Å². The molecule has 2 aromatic heterocycles. The van der Waals surface area contributed by atoms with E-state index in [1.807, 2.05) is 20.0 Å². The molecule has 3 N–H and O–H groups in total. The first-order valence-electron chi connectivity index (χ1n) is 5.52. The number of hydrogen-bond acceptors (Lipinski definition) is 5. The molecule has 0 amide bonds. The minimum absolute atomic E-state index is 0.251. The molecule has 0 saturated heterocycles. The number of rotatable bonds is 2. The highest BCUT2D eigenvalue weighted by molar-refractivity contribution is 7.18.